The number of rotatable bonds is 11. The van der Waals surface area contributed by atoms with Crippen LogP contribution in [0.5, 0.6) is 0 Å². The van der Waals surface area contributed by atoms with Gasteiger partial charge in [-0.1, -0.05) is 432 Å². The van der Waals surface area contributed by atoms with Crippen LogP contribution in [0.25, 0.3) is 120 Å². The predicted molar refractivity (Wildman–Crippen MR) is 516 cm³/mol. The summed E-state index contributed by atoms with van der Waals surface area (Å²) < 4.78 is 0. The van der Waals surface area contributed by atoms with Crippen LogP contribution < -0.4 is 46.7 Å². The normalized spacial score (nSPS) is 23.7. The first-order valence-corrected chi connectivity index (χ1v) is 50.6. The highest BCUT2D eigenvalue weighted by Gasteiger charge is 2.72. The fourth-order valence-electron chi connectivity index (χ4n) is 28.6. The monoisotopic (exact) mass is 1580 g/mol. The molecule has 6 unspecified atom stereocenters. The van der Waals surface area contributed by atoms with E-state index in [2.05, 4.69) is 393 Å². The van der Waals surface area contributed by atoms with Gasteiger partial charge in [-0.05, 0) is 254 Å². The van der Waals surface area contributed by atoms with Gasteiger partial charge in [0.25, 0.3) is 0 Å². The maximum Gasteiger partial charge on any atom is 0.155 e. The van der Waals surface area contributed by atoms with Gasteiger partial charge in [-0.2, -0.15) is 0 Å². The van der Waals surface area contributed by atoms with Gasteiger partial charge in [0.2, 0.25) is 0 Å². The minimum Gasteiger partial charge on any atom is -0.0624 e. The van der Waals surface area contributed by atoms with E-state index in [0.29, 0.717) is 0 Å². The zero-order valence-electron chi connectivity index (χ0n) is 69.5. The summed E-state index contributed by atoms with van der Waals surface area (Å²) >= 11 is 0. The molecule has 0 spiro atoms. The van der Waals surface area contributed by atoms with Crippen LogP contribution in [0.2, 0.25) is 15.1 Å². The van der Waals surface area contributed by atoms with Crippen molar-refractivity contribution in [3.8, 4) is 55.6 Å². The molecular formula is C116H100Si3. The van der Waals surface area contributed by atoms with Crippen molar-refractivity contribution in [3.63, 3.8) is 0 Å². The van der Waals surface area contributed by atoms with E-state index in [-0.39, 0.29) is 31.4 Å². The van der Waals surface area contributed by atoms with Crippen LogP contribution in [0.4, 0.5) is 0 Å². The first-order chi connectivity index (χ1) is 58.3. The Kier molecular flexibility index (Phi) is 15.6. The van der Waals surface area contributed by atoms with Crippen LogP contribution in [0.15, 0.2) is 352 Å². The first-order valence-electron chi connectivity index (χ1n) is 44.6. The van der Waals surface area contributed by atoms with Crippen molar-refractivity contribution in [1.29, 1.82) is 0 Å². The molecule has 0 nitrogen and oxygen atoms in total. The van der Waals surface area contributed by atoms with Crippen molar-refractivity contribution in [2.45, 2.75) is 150 Å². The van der Waals surface area contributed by atoms with E-state index in [4.69, 9.17) is 0 Å². The van der Waals surface area contributed by atoms with E-state index in [9.17, 15) is 0 Å². The van der Waals surface area contributed by atoms with E-state index < -0.39 is 24.2 Å². The first kappa shape index (κ1) is 71.8. The second kappa shape index (κ2) is 25.9. The molecule has 0 N–H and O–H groups in total. The highest BCUT2D eigenvalue weighted by Crippen LogP contribution is 2.70. The second-order valence-electron chi connectivity index (χ2n) is 38.3. The van der Waals surface area contributed by atoms with Crippen LogP contribution in [-0.4, -0.2) is 24.2 Å². The summed E-state index contributed by atoms with van der Waals surface area (Å²) in [5.74, 6) is 0. The summed E-state index contributed by atoms with van der Waals surface area (Å²) in [5, 5.41) is 30.2. The Labute approximate surface area is 704 Å². The number of hydrogen-bond donors (Lipinski definition) is 0. The van der Waals surface area contributed by atoms with Gasteiger partial charge in [-0.3, -0.25) is 0 Å². The summed E-state index contributed by atoms with van der Waals surface area (Å²) in [6.45, 7) is 16.3. The van der Waals surface area contributed by atoms with Crippen molar-refractivity contribution in [3.05, 3.63) is 369 Å². The summed E-state index contributed by atoms with van der Waals surface area (Å²) in [4.78, 5) is 0. The number of fused-ring (bicyclic) bond motifs is 15. The fourth-order valence-corrected chi connectivity index (χ4v) is 49.4. The highest BCUT2D eigenvalue weighted by atomic mass is 28.3. The lowest BCUT2D eigenvalue weighted by Gasteiger charge is -2.54. The Morgan fingerprint density at radius 1 is 0.193 bits per heavy atom. The van der Waals surface area contributed by atoms with Crippen LogP contribution in [0, 0.1) is 0 Å². The molecule has 0 bridgehead atoms. The van der Waals surface area contributed by atoms with Gasteiger partial charge >= 0.3 is 0 Å². The summed E-state index contributed by atoms with van der Waals surface area (Å²) in [7, 11) is -8.12. The van der Waals surface area contributed by atoms with Crippen molar-refractivity contribution >= 4 is 136 Å². The standard InChI is InChI=1S/C116H100Si3/c1-111-68-31-34-71-114(111,4)117(82-42-19-9-20-43-82,83-44-21-10-22-45-83)99-65-56-79(74-96(99)111)88-59-62-93-104-91(88)54-37-55-92(104)107-102(77-38-15-7-16-39-77)109-94-63-60-89(80-57-66-100-97(75-80)112(2)69-32-35-72-115(112,5)118(100,84-46-23-11-24-47-84)85-48-25-12-26-49-85)105-90(61-64-95(106(94)105)110(109)103(108(93)107)78-40-17-8-18-41-78)81-58-67-101-98(76-81)113(3)70-33-36-73-116(113,6)119(101,86-50-27-13-28-51-86)87-52-29-14-30-53-87/h7-30,37-67,74-76H,31-36,68-73H2,1-6H3. The largest absolute Gasteiger partial charge is 0.155 e. The van der Waals surface area contributed by atoms with Crippen LogP contribution >= 0.6 is 0 Å². The Bertz CT molecular complexity index is 6710. The Balaban J connectivity index is 0.800. The van der Waals surface area contributed by atoms with E-state index >= 15 is 0 Å². The average Bonchev–Trinajstić information content (AvgIpc) is 1.51. The van der Waals surface area contributed by atoms with Crippen LogP contribution in [0.1, 0.15) is 135 Å². The lowest BCUT2D eigenvalue weighted by molar-refractivity contribution is 0.241. The third-order valence-corrected chi connectivity index (χ3v) is 52.4. The molecule has 0 radical (unpaired) electrons. The Hall–Kier alpha value is -11.3. The molecule has 119 heavy (non-hydrogen) atoms. The van der Waals surface area contributed by atoms with Crippen LogP contribution in [-0.2, 0) is 16.2 Å². The maximum absolute atomic E-state index is 2.78. The Morgan fingerprint density at radius 2 is 0.454 bits per heavy atom. The van der Waals surface area contributed by atoms with E-state index in [1.165, 1.54) is 218 Å². The van der Waals surface area contributed by atoms with Crippen molar-refractivity contribution in [2.24, 2.45) is 0 Å². The van der Waals surface area contributed by atoms with Gasteiger partial charge in [0.15, 0.2) is 24.2 Å². The smallest absolute Gasteiger partial charge is 0.0624 e. The molecule has 3 aliphatic heterocycles. The molecule has 3 saturated carbocycles. The van der Waals surface area contributed by atoms with Crippen molar-refractivity contribution < 1.29 is 0 Å². The SMILES string of the molecule is CC12CCCCC1(C)[Si](c1ccccc1)(c1ccccc1)c1ccc(-c3ccc4c5c(-c6ccccc6)c6c7ccc(-c8ccc9c(c8)C8(C)CCCCC8(C)[Si]9(c8ccccc8)c8ccccc8)c8c(-c9ccc%10c(c9)C9(C)CCCCC9(C)[Si]%10(c9ccccc9)c9ccccc9)ccc(c6c(-c6ccccc6)c5c5cccc3c54)c87)cc12. The van der Waals surface area contributed by atoms with Crippen molar-refractivity contribution in [2.75, 3.05) is 0 Å². The third-order valence-electron chi connectivity index (χ3n) is 34.1. The molecular weight excluding hydrogens is 1480 g/mol. The molecule has 3 heteroatoms. The summed E-state index contributed by atoms with van der Waals surface area (Å²) in [6.07, 6.45) is 14.7. The number of benzene rings is 16. The van der Waals surface area contributed by atoms with Gasteiger partial charge in [-0.25, -0.2) is 0 Å². The molecule has 0 aromatic heterocycles. The van der Waals surface area contributed by atoms with Gasteiger partial charge in [-0.15, -0.1) is 0 Å². The molecule has 0 amide bonds. The minimum absolute atomic E-state index is 0.0118. The summed E-state index contributed by atoms with van der Waals surface area (Å²) in [6, 6.07) is 141. The molecule has 6 aliphatic rings. The van der Waals surface area contributed by atoms with Gasteiger partial charge < -0.3 is 0 Å². The molecule has 24 rings (SSSR count). The van der Waals surface area contributed by atoms with Gasteiger partial charge in [0.1, 0.15) is 0 Å². The molecule has 18 aromatic rings. The quantitative estimate of drug-likeness (QED) is 0.113. The predicted octanol–water partition coefficient (Wildman–Crippen LogP) is 25.0. The average molecular weight is 1580 g/mol. The topological polar surface area (TPSA) is 0 Å². The Morgan fingerprint density at radius 3 is 0.773 bits per heavy atom. The van der Waals surface area contributed by atoms with E-state index in [0.717, 1.165) is 0 Å². The van der Waals surface area contributed by atoms with E-state index in [1.54, 1.807) is 42.6 Å². The molecule has 18 aromatic carbocycles. The third kappa shape index (κ3) is 8.94. The second-order valence-corrected chi connectivity index (χ2v) is 51.2. The lowest BCUT2D eigenvalue weighted by atomic mass is 9.64. The lowest BCUT2D eigenvalue weighted by Crippen LogP contribution is -2.72. The van der Waals surface area contributed by atoms with Gasteiger partial charge in [0, 0.05) is 0 Å². The number of hydrogen-bond acceptors (Lipinski definition) is 0. The molecule has 3 fully saturated rings. The maximum atomic E-state index is 2.78. The minimum atomic E-state index is -2.74. The molecule has 576 valence electrons. The summed E-state index contributed by atoms with van der Waals surface area (Å²) in [5.41, 5.74) is 17.7. The highest BCUT2D eigenvalue weighted by molar-refractivity contribution is 7.16. The van der Waals surface area contributed by atoms with Crippen molar-refractivity contribution in [1.82, 2.24) is 0 Å². The van der Waals surface area contributed by atoms with E-state index in [1.807, 2.05) is 0 Å². The molecule has 6 atom stereocenters. The van der Waals surface area contributed by atoms with Crippen LogP contribution in [0.3, 0.4) is 0 Å². The molecule has 0 saturated heterocycles. The van der Waals surface area contributed by atoms with Gasteiger partial charge in [0.05, 0.1) is 0 Å². The fraction of sp³-hybridized carbons (Fsp3) is 0.207. The molecule has 3 heterocycles. The zero-order chi connectivity index (χ0) is 79.6. The zero-order valence-corrected chi connectivity index (χ0v) is 72.5. The molecule has 3 aliphatic carbocycles.